The zero-order valence-electron chi connectivity index (χ0n) is 9.93. The van der Waals surface area contributed by atoms with E-state index in [1.54, 1.807) is 12.1 Å². The summed E-state index contributed by atoms with van der Waals surface area (Å²) in [6.07, 6.45) is 1.89. The molecular weight excluding hydrogens is 228 g/mol. The third-order valence-corrected chi connectivity index (χ3v) is 3.08. The summed E-state index contributed by atoms with van der Waals surface area (Å²) in [6.45, 7) is 0.316. The van der Waals surface area contributed by atoms with Crippen LogP contribution in [0, 0.1) is 0 Å². The van der Waals surface area contributed by atoms with Gasteiger partial charge in [-0.25, -0.2) is 0 Å². The Morgan fingerprint density at radius 2 is 1.50 bits per heavy atom. The number of phenols is 1. The van der Waals surface area contributed by atoms with Gasteiger partial charge in [0.1, 0.15) is 5.75 Å². The first-order chi connectivity index (χ1) is 8.81. The quantitative estimate of drug-likeness (QED) is 0.899. The van der Waals surface area contributed by atoms with Gasteiger partial charge in [0.2, 0.25) is 6.79 Å². The van der Waals surface area contributed by atoms with Gasteiger partial charge in [-0.3, -0.25) is 0 Å². The van der Waals surface area contributed by atoms with Crippen LogP contribution in [0.25, 0.3) is 0 Å². The second kappa shape index (κ2) is 4.61. The number of aromatic hydroxyl groups is 1. The molecule has 0 aromatic heterocycles. The average molecular weight is 242 g/mol. The van der Waals surface area contributed by atoms with Gasteiger partial charge in [-0.15, -0.1) is 0 Å². The number of hydrogen-bond acceptors (Lipinski definition) is 3. The van der Waals surface area contributed by atoms with Gasteiger partial charge < -0.3 is 14.6 Å². The van der Waals surface area contributed by atoms with E-state index < -0.39 is 0 Å². The molecule has 0 fully saturated rings. The number of hydrogen-bond donors (Lipinski definition) is 1. The minimum atomic E-state index is 0.307. The van der Waals surface area contributed by atoms with Gasteiger partial charge in [0.05, 0.1) is 0 Å². The molecule has 2 aromatic carbocycles. The smallest absolute Gasteiger partial charge is 0.231 e. The average Bonchev–Trinajstić information content (AvgIpc) is 2.85. The minimum Gasteiger partial charge on any atom is -0.508 e. The zero-order valence-corrected chi connectivity index (χ0v) is 9.93. The zero-order chi connectivity index (χ0) is 12.4. The van der Waals surface area contributed by atoms with Crippen LogP contribution in [0.3, 0.4) is 0 Å². The van der Waals surface area contributed by atoms with Crippen LogP contribution in [0.15, 0.2) is 42.5 Å². The molecule has 0 saturated carbocycles. The van der Waals surface area contributed by atoms with E-state index in [1.807, 2.05) is 24.3 Å². The van der Waals surface area contributed by atoms with Gasteiger partial charge >= 0.3 is 0 Å². The molecule has 1 heterocycles. The van der Waals surface area contributed by atoms with Crippen molar-refractivity contribution in [3.8, 4) is 17.2 Å². The van der Waals surface area contributed by atoms with Gasteiger partial charge in [0.15, 0.2) is 11.5 Å². The minimum absolute atomic E-state index is 0.307. The third kappa shape index (κ3) is 2.25. The Morgan fingerprint density at radius 3 is 2.33 bits per heavy atom. The van der Waals surface area contributed by atoms with Crippen LogP contribution in [0.2, 0.25) is 0 Å². The molecule has 92 valence electrons. The Kier molecular flexibility index (Phi) is 2.81. The molecule has 0 bridgehead atoms. The summed E-state index contributed by atoms with van der Waals surface area (Å²) in [5.74, 6) is 1.96. The van der Waals surface area contributed by atoms with Crippen LogP contribution >= 0.6 is 0 Å². The third-order valence-electron chi connectivity index (χ3n) is 3.08. The lowest BCUT2D eigenvalue weighted by molar-refractivity contribution is 0.174. The fraction of sp³-hybridized carbons (Fsp3) is 0.200. The molecule has 0 aliphatic carbocycles. The van der Waals surface area contributed by atoms with Crippen LogP contribution in [0.4, 0.5) is 0 Å². The van der Waals surface area contributed by atoms with Gasteiger partial charge in [-0.1, -0.05) is 18.2 Å². The molecule has 18 heavy (non-hydrogen) atoms. The molecule has 0 unspecified atom stereocenters. The van der Waals surface area contributed by atoms with E-state index in [0.717, 1.165) is 24.3 Å². The highest BCUT2D eigenvalue weighted by Gasteiger charge is 2.12. The van der Waals surface area contributed by atoms with Crippen molar-refractivity contribution in [2.75, 3.05) is 6.79 Å². The summed E-state index contributed by atoms with van der Waals surface area (Å²) >= 11 is 0. The van der Waals surface area contributed by atoms with Crippen molar-refractivity contribution in [3.05, 3.63) is 53.6 Å². The summed E-state index contributed by atoms with van der Waals surface area (Å²) in [7, 11) is 0. The SMILES string of the molecule is Oc1ccc(CCc2ccc3c(c2)OCO3)cc1. The lowest BCUT2D eigenvalue weighted by Gasteiger charge is -2.04. The van der Waals surface area contributed by atoms with Crippen molar-refractivity contribution in [3.63, 3.8) is 0 Å². The van der Waals surface area contributed by atoms with Crippen molar-refractivity contribution in [2.45, 2.75) is 12.8 Å². The van der Waals surface area contributed by atoms with Crippen LogP contribution in [0.5, 0.6) is 17.2 Å². The second-order valence-electron chi connectivity index (χ2n) is 4.35. The van der Waals surface area contributed by atoms with Crippen LogP contribution in [0.1, 0.15) is 11.1 Å². The van der Waals surface area contributed by atoms with Crippen LogP contribution < -0.4 is 9.47 Å². The van der Waals surface area contributed by atoms with E-state index in [0.29, 0.717) is 12.5 Å². The molecule has 2 aromatic rings. The number of benzene rings is 2. The Labute approximate surface area is 106 Å². The van der Waals surface area contributed by atoms with Gasteiger partial charge in [-0.05, 0) is 48.2 Å². The Balaban J connectivity index is 1.68. The summed E-state index contributed by atoms with van der Waals surface area (Å²) in [6, 6.07) is 13.4. The first-order valence-corrected chi connectivity index (χ1v) is 5.98. The van der Waals surface area contributed by atoms with E-state index in [9.17, 15) is 5.11 Å². The topological polar surface area (TPSA) is 38.7 Å². The fourth-order valence-corrected chi connectivity index (χ4v) is 2.05. The predicted molar refractivity (Wildman–Crippen MR) is 68.1 cm³/mol. The molecule has 1 N–H and O–H groups in total. The molecule has 3 nitrogen and oxygen atoms in total. The molecule has 1 aliphatic rings. The first-order valence-electron chi connectivity index (χ1n) is 5.98. The van der Waals surface area contributed by atoms with Crippen molar-refractivity contribution < 1.29 is 14.6 Å². The molecule has 0 amide bonds. The van der Waals surface area contributed by atoms with Crippen molar-refractivity contribution in [1.82, 2.24) is 0 Å². The van der Waals surface area contributed by atoms with E-state index in [2.05, 4.69) is 6.07 Å². The highest BCUT2D eigenvalue weighted by molar-refractivity contribution is 5.44. The van der Waals surface area contributed by atoms with E-state index >= 15 is 0 Å². The lowest BCUT2D eigenvalue weighted by atomic mass is 10.0. The number of aryl methyl sites for hydroxylation is 2. The fourth-order valence-electron chi connectivity index (χ4n) is 2.05. The number of ether oxygens (including phenoxy) is 2. The molecule has 0 spiro atoms. The summed E-state index contributed by atoms with van der Waals surface area (Å²) in [5.41, 5.74) is 2.44. The van der Waals surface area contributed by atoms with Gasteiger partial charge in [0, 0.05) is 0 Å². The Hall–Kier alpha value is -2.16. The molecule has 3 heteroatoms. The number of phenolic OH excluding ortho intramolecular Hbond substituents is 1. The lowest BCUT2D eigenvalue weighted by Crippen LogP contribution is -1.93. The largest absolute Gasteiger partial charge is 0.508 e. The van der Waals surface area contributed by atoms with Crippen molar-refractivity contribution in [2.24, 2.45) is 0 Å². The monoisotopic (exact) mass is 242 g/mol. The molecular formula is C15H14O3. The summed E-state index contributed by atoms with van der Waals surface area (Å²) < 4.78 is 10.6. The van der Waals surface area contributed by atoms with Crippen LogP contribution in [-0.4, -0.2) is 11.9 Å². The highest BCUT2D eigenvalue weighted by atomic mass is 16.7. The van der Waals surface area contributed by atoms with E-state index in [4.69, 9.17) is 9.47 Å². The molecule has 0 radical (unpaired) electrons. The molecule has 0 atom stereocenters. The normalized spacial score (nSPS) is 12.7. The first kappa shape index (κ1) is 11.0. The molecule has 0 saturated heterocycles. The van der Waals surface area contributed by atoms with Gasteiger partial charge in [0.25, 0.3) is 0 Å². The molecule has 3 rings (SSSR count). The number of fused-ring (bicyclic) bond motifs is 1. The maximum absolute atomic E-state index is 9.22. The van der Waals surface area contributed by atoms with E-state index in [-0.39, 0.29) is 0 Å². The van der Waals surface area contributed by atoms with Crippen LogP contribution in [-0.2, 0) is 12.8 Å². The van der Waals surface area contributed by atoms with Crippen molar-refractivity contribution >= 4 is 0 Å². The maximum atomic E-state index is 9.22. The standard InChI is InChI=1S/C15H14O3/c16-13-6-3-11(4-7-13)1-2-12-5-8-14-15(9-12)18-10-17-14/h3-9,16H,1-2,10H2. The number of rotatable bonds is 3. The highest BCUT2D eigenvalue weighted by Crippen LogP contribution is 2.32. The Morgan fingerprint density at radius 1 is 0.833 bits per heavy atom. The summed E-state index contributed by atoms with van der Waals surface area (Å²) in [5, 5.41) is 9.22. The summed E-state index contributed by atoms with van der Waals surface area (Å²) in [4.78, 5) is 0. The Bertz CT molecular complexity index is 546. The van der Waals surface area contributed by atoms with Gasteiger partial charge in [-0.2, -0.15) is 0 Å². The maximum Gasteiger partial charge on any atom is 0.231 e. The molecule has 1 aliphatic heterocycles. The van der Waals surface area contributed by atoms with Crippen molar-refractivity contribution in [1.29, 1.82) is 0 Å². The van der Waals surface area contributed by atoms with E-state index in [1.165, 1.54) is 11.1 Å². The predicted octanol–water partition coefficient (Wildman–Crippen LogP) is 2.91. The second-order valence-corrected chi connectivity index (χ2v) is 4.35.